The number of hydrogen-bond acceptors (Lipinski definition) is 3. The van der Waals surface area contributed by atoms with Gasteiger partial charge in [-0.25, -0.2) is 0 Å². The highest BCUT2D eigenvalue weighted by Gasteiger charge is 2.09. The van der Waals surface area contributed by atoms with Gasteiger partial charge < -0.3 is 5.21 Å². The average molecular weight is 214 g/mol. The molecule has 0 aromatic carbocycles. The minimum absolute atomic E-state index is 0.466. The Balaban J connectivity index is 2.79. The summed E-state index contributed by atoms with van der Waals surface area (Å²) >= 11 is 3.23. The van der Waals surface area contributed by atoms with Gasteiger partial charge in [-0.3, -0.25) is 0 Å². The van der Waals surface area contributed by atoms with Crippen molar-refractivity contribution in [3.05, 3.63) is 22.9 Å². The van der Waals surface area contributed by atoms with E-state index in [-0.39, 0.29) is 0 Å². The molecule has 0 saturated heterocycles. The Bertz CT molecular complexity index is 359. The van der Waals surface area contributed by atoms with Crippen molar-refractivity contribution in [2.75, 3.05) is 0 Å². The Morgan fingerprint density at radius 1 is 1.55 bits per heavy atom. The van der Waals surface area contributed by atoms with Gasteiger partial charge in [0.1, 0.15) is 0 Å². The summed E-state index contributed by atoms with van der Waals surface area (Å²) in [5.74, 6) is 0.466. The van der Waals surface area contributed by atoms with Gasteiger partial charge in [0.15, 0.2) is 5.82 Å². The lowest BCUT2D eigenvalue weighted by Crippen LogP contribution is -1.97. The van der Waals surface area contributed by atoms with E-state index in [1.165, 1.54) is 6.20 Å². The van der Waals surface area contributed by atoms with Crippen LogP contribution in [0.5, 0.6) is 0 Å². The number of fused-ring (bicyclic) bond motifs is 1. The summed E-state index contributed by atoms with van der Waals surface area (Å²) in [6.45, 7) is 0. The van der Waals surface area contributed by atoms with Crippen LogP contribution >= 0.6 is 15.9 Å². The fourth-order valence-corrected chi connectivity index (χ4v) is 1.35. The molecule has 2 heterocycles. The number of hydrogen-bond donors (Lipinski definition) is 1. The van der Waals surface area contributed by atoms with Gasteiger partial charge >= 0.3 is 0 Å². The Morgan fingerprint density at radius 2 is 2.36 bits per heavy atom. The van der Waals surface area contributed by atoms with Crippen LogP contribution in [0.3, 0.4) is 0 Å². The quantitative estimate of drug-likeness (QED) is 0.674. The molecule has 2 aliphatic heterocycles. The van der Waals surface area contributed by atoms with E-state index in [1.54, 1.807) is 6.20 Å². The second-order valence-corrected chi connectivity index (χ2v) is 3.04. The lowest BCUT2D eigenvalue weighted by molar-refractivity contribution is 0.186. The molecule has 11 heavy (non-hydrogen) atoms. The summed E-state index contributed by atoms with van der Waals surface area (Å²) in [6.07, 6.45) is 3.10. The summed E-state index contributed by atoms with van der Waals surface area (Å²) < 4.78 is 1.73. The molecule has 0 spiro atoms. The van der Waals surface area contributed by atoms with E-state index in [9.17, 15) is 5.21 Å². The van der Waals surface area contributed by atoms with Gasteiger partial charge in [0.05, 0.1) is 12.4 Å². The third-order valence-electron chi connectivity index (χ3n) is 1.36. The van der Waals surface area contributed by atoms with E-state index in [0.29, 0.717) is 5.82 Å². The van der Waals surface area contributed by atoms with E-state index in [1.807, 2.05) is 6.07 Å². The molecule has 56 valence electrons. The molecule has 0 bridgehead atoms. The van der Waals surface area contributed by atoms with Crippen molar-refractivity contribution in [2.45, 2.75) is 0 Å². The van der Waals surface area contributed by atoms with Gasteiger partial charge in [-0.05, 0) is 22.0 Å². The first-order valence-electron chi connectivity index (χ1n) is 2.96. The number of aromatic nitrogens is 3. The molecule has 0 aliphatic carbocycles. The zero-order chi connectivity index (χ0) is 7.84. The van der Waals surface area contributed by atoms with Crippen LogP contribution in [0.2, 0.25) is 0 Å². The van der Waals surface area contributed by atoms with E-state index < -0.39 is 0 Å². The predicted octanol–water partition coefficient (Wildman–Crippen LogP) is 1.38. The molecular formula is C6H4BrN3O. The van der Waals surface area contributed by atoms with Crippen molar-refractivity contribution in [1.82, 2.24) is 14.9 Å². The van der Waals surface area contributed by atoms with E-state index in [0.717, 1.165) is 14.8 Å². The van der Waals surface area contributed by atoms with E-state index in [4.69, 9.17) is 0 Å². The minimum Gasteiger partial charge on any atom is -0.427 e. The SMILES string of the molecule is On1cc(Br)cc2cnnc1-2. The first kappa shape index (κ1) is 6.60. The van der Waals surface area contributed by atoms with Gasteiger partial charge in [-0.1, -0.05) is 0 Å². The number of pyridine rings is 1. The average Bonchev–Trinajstić information content (AvgIpc) is 2.34. The zero-order valence-electron chi connectivity index (χ0n) is 5.40. The van der Waals surface area contributed by atoms with Gasteiger partial charge in [0.25, 0.3) is 0 Å². The molecular weight excluding hydrogens is 210 g/mol. The van der Waals surface area contributed by atoms with Gasteiger partial charge in [0, 0.05) is 10.0 Å². The van der Waals surface area contributed by atoms with E-state index in [2.05, 4.69) is 26.1 Å². The molecule has 0 saturated carbocycles. The maximum atomic E-state index is 9.23. The van der Waals surface area contributed by atoms with Crippen LogP contribution in [-0.4, -0.2) is 20.1 Å². The Morgan fingerprint density at radius 3 is 3.18 bits per heavy atom. The van der Waals surface area contributed by atoms with Crippen LogP contribution in [-0.2, 0) is 0 Å². The Hall–Kier alpha value is -1.10. The number of nitrogens with zero attached hydrogens (tertiary/aromatic N) is 3. The van der Waals surface area contributed by atoms with Crippen LogP contribution in [0, 0.1) is 0 Å². The molecule has 2 rings (SSSR count). The third-order valence-corrected chi connectivity index (χ3v) is 1.80. The number of rotatable bonds is 0. The van der Waals surface area contributed by atoms with Crippen molar-refractivity contribution in [3.63, 3.8) is 0 Å². The molecule has 0 aromatic rings. The largest absolute Gasteiger partial charge is 0.427 e. The Kier molecular flexibility index (Phi) is 1.32. The molecule has 0 atom stereocenters. The zero-order valence-corrected chi connectivity index (χ0v) is 6.98. The standard InChI is InChI=1S/C6H4BrN3O/c7-5-1-4-2-8-9-6(4)10(11)3-5/h1-3,11H. The van der Waals surface area contributed by atoms with Gasteiger partial charge in [-0.15, -0.1) is 5.10 Å². The fourth-order valence-electron chi connectivity index (χ4n) is 0.905. The molecule has 4 nitrogen and oxygen atoms in total. The molecule has 2 aliphatic rings. The summed E-state index contributed by atoms with van der Waals surface area (Å²) in [5, 5.41) is 16.6. The summed E-state index contributed by atoms with van der Waals surface area (Å²) in [6, 6.07) is 1.84. The highest BCUT2D eigenvalue weighted by molar-refractivity contribution is 9.10. The normalized spacial score (nSPS) is 10.6. The highest BCUT2D eigenvalue weighted by Crippen LogP contribution is 2.21. The van der Waals surface area contributed by atoms with Crippen molar-refractivity contribution in [2.24, 2.45) is 0 Å². The van der Waals surface area contributed by atoms with E-state index >= 15 is 0 Å². The van der Waals surface area contributed by atoms with Crippen molar-refractivity contribution in [3.8, 4) is 11.4 Å². The van der Waals surface area contributed by atoms with Crippen molar-refractivity contribution < 1.29 is 5.21 Å². The van der Waals surface area contributed by atoms with Crippen LogP contribution in [0.15, 0.2) is 22.9 Å². The second kappa shape index (κ2) is 2.20. The fraction of sp³-hybridized carbons (Fsp3) is 0. The molecule has 0 amide bonds. The molecule has 1 N–H and O–H groups in total. The van der Waals surface area contributed by atoms with Gasteiger partial charge in [-0.2, -0.15) is 9.83 Å². The summed E-state index contributed by atoms with van der Waals surface area (Å²) in [4.78, 5) is 0. The third kappa shape index (κ3) is 0.970. The topological polar surface area (TPSA) is 50.9 Å². The molecule has 0 radical (unpaired) electrons. The van der Waals surface area contributed by atoms with Crippen LogP contribution < -0.4 is 0 Å². The van der Waals surface area contributed by atoms with Gasteiger partial charge in [0.2, 0.25) is 0 Å². The first-order valence-corrected chi connectivity index (χ1v) is 3.75. The highest BCUT2D eigenvalue weighted by atomic mass is 79.9. The number of halogens is 1. The molecule has 0 unspecified atom stereocenters. The molecule has 5 heteroatoms. The predicted molar refractivity (Wildman–Crippen MR) is 41.5 cm³/mol. The summed E-state index contributed by atoms with van der Waals surface area (Å²) in [7, 11) is 0. The van der Waals surface area contributed by atoms with Crippen molar-refractivity contribution >= 4 is 15.9 Å². The van der Waals surface area contributed by atoms with Crippen LogP contribution in [0.4, 0.5) is 0 Å². The lowest BCUT2D eigenvalue weighted by Gasteiger charge is -2.02. The van der Waals surface area contributed by atoms with Crippen LogP contribution in [0.1, 0.15) is 0 Å². The van der Waals surface area contributed by atoms with Crippen LogP contribution in [0.25, 0.3) is 11.4 Å². The minimum atomic E-state index is 0.466. The monoisotopic (exact) mass is 213 g/mol. The maximum Gasteiger partial charge on any atom is 0.198 e. The Labute approximate surface area is 70.9 Å². The molecule has 0 aromatic heterocycles. The maximum absolute atomic E-state index is 9.23. The smallest absolute Gasteiger partial charge is 0.198 e. The first-order chi connectivity index (χ1) is 5.27. The summed E-state index contributed by atoms with van der Waals surface area (Å²) in [5.41, 5.74) is 0.807. The molecule has 0 fully saturated rings. The van der Waals surface area contributed by atoms with Crippen molar-refractivity contribution in [1.29, 1.82) is 0 Å². The lowest BCUT2D eigenvalue weighted by atomic mass is 10.3. The second-order valence-electron chi connectivity index (χ2n) is 2.13.